The number of nitrogens with one attached hydrogen (secondary N) is 1. The van der Waals surface area contributed by atoms with Crippen molar-refractivity contribution in [3.05, 3.63) is 34.9 Å². The number of rotatable bonds is 8. The minimum absolute atomic E-state index is 0.209. The van der Waals surface area contributed by atoms with Gasteiger partial charge < -0.3 is 10.4 Å². The van der Waals surface area contributed by atoms with Crippen LogP contribution in [0.5, 0.6) is 0 Å². The van der Waals surface area contributed by atoms with Crippen LogP contribution in [0.4, 0.5) is 0 Å². The molecular weight excluding hydrogens is 278 g/mol. The number of amides is 1. The Hall–Kier alpha value is -1.55. The molecule has 110 valence electrons. The predicted octanol–water partition coefficient (Wildman–Crippen LogP) is 3.03. The van der Waals surface area contributed by atoms with Crippen LogP contribution < -0.4 is 5.32 Å². The van der Waals surface area contributed by atoms with Crippen molar-refractivity contribution in [2.45, 2.75) is 45.1 Å². The third-order valence-corrected chi connectivity index (χ3v) is 3.25. The second-order valence-electron chi connectivity index (χ2n) is 4.73. The highest BCUT2D eigenvalue weighted by atomic mass is 35.5. The topological polar surface area (TPSA) is 66.4 Å². The number of carbonyl (C=O) groups is 2. The van der Waals surface area contributed by atoms with Crippen molar-refractivity contribution in [3.63, 3.8) is 0 Å². The van der Waals surface area contributed by atoms with Gasteiger partial charge in [0.25, 0.3) is 0 Å². The maximum atomic E-state index is 11.7. The average Bonchev–Trinajstić information content (AvgIpc) is 2.40. The molecule has 0 fully saturated rings. The van der Waals surface area contributed by atoms with Gasteiger partial charge in [-0.25, -0.2) is 4.79 Å². The van der Waals surface area contributed by atoms with E-state index in [0.29, 0.717) is 24.3 Å². The van der Waals surface area contributed by atoms with Crippen LogP contribution >= 0.6 is 11.6 Å². The molecule has 1 unspecified atom stereocenters. The number of benzene rings is 1. The summed E-state index contributed by atoms with van der Waals surface area (Å²) in [5, 5.41) is 12.2. The summed E-state index contributed by atoms with van der Waals surface area (Å²) in [6.07, 6.45) is 2.97. The number of aryl methyl sites for hydroxylation is 1. The van der Waals surface area contributed by atoms with Gasteiger partial charge in [-0.05, 0) is 37.0 Å². The van der Waals surface area contributed by atoms with Crippen LogP contribution in [0, 0.1) is 0 Å². The molecular formula is C15H20ClNO3. The summed E-state index contributed by atoms with van der Waals surface area (Å²) in [5.74, 6) is -1.18. The molecule has 1 atom stereocenters. The zero-order valence-corrected chi connectivity index (χ0v) is 12.3. The second kappa shape index (κ2) is 8.59. The molecule has 5 heteroatoms. The van der Waals surface area contributed by atoms with Crippen molar-refractivity contribution in [2.75, 3.05) is 0 Å². The van der Waals surface area contributed by atoms with Gasteiger partial charge >= 0.3 is 5.97 Å². The highest BCUT2D eigenvalue weighted by molar-refractivity contribution is 6.30. The van der Waals surface area contributed by atoms with Gasteiger partial charge in [0.2, 0.25) is 5.91 Å². The third-order valence-electron chi connectivity index (χ3n) is 2.99. The highest BCUT2D eigenvalue weighted by Crippen LogP contribution is 2.11. The molecule has 20 heavy (non-hydrogen) atoms. The first-order valence-corrected chi connectivity index (χ1v) is 7.17. The molecule has 0 radical (unpaired) electrons. The Morgan fingerprint density at radius 3 is 2.50 bits per heavy atom. The molecule has 1 aromatic rings. The summed E-state index contributed by atoms with van der Waals surface area (Å²) in [4.78, 5) is 22.6. The van der Waals surface area contributed by atoms with Gasteiger partial charge in [-0.1, -0.05) is 37.1 Å². The minimum atomic E-state index is -0.974. The second-order valence-corrected chi connectivity index (χ2v) is 5.16. The third kappa shape index (κ3) is 6.06. The molecule has 4 nitrogen and oxygen atoms in total. The number of hydrogen-bond acceptors (Lipinski definition) is 2. The molecule has 0 spiro atoms. The molecule has 2 N–H and O–H groups in total. The smallest absolute Gasteiger partial charge is 0.326 e. The van der Waals surface area contributed by atoms with Crippen LogP contribution in [-0.4, -0.2) is 23.0 Å². The van der Waals surface area contributed by atoms with E-state index in [0.717, 1.165) is 18.4 Å². The maximum Gasteiger partial charge on any atom is 0.326 e. The lowest BCUT2D eigenvalue weighted by atomic mass is 10.1. The monoisotopic (exact) mass is 297 g/mol. The van der Waals surface area contributed by atoms with Crippen molar-refractivity contribution < 1.29 is 14.7 Å². The minimum Gasteiger partial charge on any atom is -0.480 e. The zero-order chi connectivity index (χ0) is 15.0. The van der Waals surface area contributed by atoms with E-state index in [2.05, 4.69) is 5.32 Å². The molecule has 1 amide bonds. The van der Waals surface area contributed by atoms with Gasteiger partial charge in [-0.15, -0.1) is 0 Å². The Labute approximate surface area is 124 Å². The van der Waals surface area contributed by atoms with E-state index in [1.807, 2.05) is 31.2 Å². The van der Waals surface area contributed by atoms with Crippen molar-refractivity contribution in [1.82, 2.24) is 5.32 Å². The molecule has 0 bridgehead atoms. The summed E-state index contributed by atoms with van der Waals surface area (Å²) < 4.78 is 0. The lowest BCUT2D eigenvalue weighted by Crippen LogP contribution is -2.40. The molecule has 0 aliphatic carbocycles. The van der Waals surface area contributed by atoms with E-state index in [1.165, 1.54) is 0 Å². The SMILES string of the molecule is CCCC(NC(=O)CCCc1ccc(Cl)cc1)C(=O)O. The molecule has 0 saturated carbocycles. The summed E-state index contributed by atoms with van der Waals surface area (Å²) in [6, 6.07) is 6.72. The predicted molar refractivity (Wildman–Crippen MR) is 78.9 cm³/mol. The van der Waals surface area contributed by atoms with Crippen molar-refractivity contribution in [2.24, 2.45) is 0 Å². The van der Waals surface area contributed by atoms with Crippen LogP contribution in [0.2, 0.25) is 5.02 Å². The van der Waals surface area contributed by atoms with Gasteiger partial charge in [-0.2, -0.15) is 0 Å². The van der Waals surface area contributed by atoms with Gasteiger partial charge in [0, 0.05) is 11.4 Å². The van der Waals surface area contributed by atoms with Crippen molar-refractivity contribution >= 4 is 23.5 Å². The fourth-order valence-corrected chi connectivity index (χ4v) is 2.04. The molecule has 0 saturated heterocycles. The first-order chi connectivity index (χ1) is 9.52. The Balaban J connectivity index is 2.32. The van der Waals surface area contributed by atoms with E-state index in [1.54, 1.807) is 0 Å². The Bertz CT molecular complexity index is 445. The summed E-state index contributed by atoms with van der Waals surface area (Å²) in [6.45, 7) is 1.89. The molecule has 0 aliphatic heterocycles. The fraction of sp³-hybridized carbons (Fsp3) is 0.467. The quantitative estimate of drug-likeness (QED) is 0.775. The molecule has 1 aromatic carbocycles. The lowest BCUT2D eigenvalue weighted by Gasteiger charge is -2.13. The zero-order valence-electron chi connectivity index (χ0n) is 11.6. The largest absolute Gasteiger partial charge is 0.480 e. The Kier molecular flexibility index (Phi) is 7.09. The number of carbonyl (C=O) groups excluding carboxylic acids is 1. The number of aliphatic carboxylic acids is 1. The van der Waals surface area contributed by atoms with Gasteiger partial charge in [0.05, 0.1) is 0 Å². The van der Waals surface area contributed by atoms with Crippen molar-refractivity contribution in [1.29, 1.82) is 0 Å². The van der Waals surface area contributed by atoms with Gasteiger partial charge in [0.1, 0.15) is 6.04 Å². The van der Waals surface area contributed by atoms with Gasteiger partial charge in [-0.3, -0.25) is 4.79 Å². The van der Waals surface area contributed by atoms with Crippen LogP contribution in [0.25, 0.3) is 0 Å². The first-order valence-electron chi connectivity index (χ1n) is 6.79. The van der Waals surface area contributed by atoms with Crippen molar-refractivity contribution in [3.8, 4) is 0 Å². The van der Waals surface area contributed by atoms with E-state index in [9.17, 15) is 9.59 Å². The summed E-state index contributed by atoms with van der Waals surface area (Å²) in [5.41, 5.74) is 1.12. The normalized spacial score (nSPS) is 11.9. The lowest BCUT2D eigenvalue weighted by molar-refractivity contribution is -0.142. The van der Waals surface area contributed by atoms with Gasteiger partial charge in [0.15, 0.2) is 0 Å². The fourth-order valence-electron chi connectivity index (χ4n) is 1.92. The standard InChI is InChI=1S/C15H20ClNO3/c1-2-4-13(15(19)20)17-14(18)6-3-5-11-7-9-12(16)10-8-11/h7-10,13H,2-6H2,1H3,(H,17,18)(H,19,20). The average molecular weight is 298 g/mol. The number of hydrogen-bond donors (Lipinski definition) is 2. The molecule has 0 aromatic heterocycles. The Morgan fingerprint density at radius 1 is 1.30 bits per heavy atom. The number of halogens is 1. The Morgan fingerprint density at radius 2 is 1.95 bits per heavy atom. The molecule has 0 aliphatic rings. The van der Waals surface area contributed by atoms with E-state index < -0.39 is 12.0 Å². The van der Waals surface area contributed by atoms with Crippen LogP contribution in [0.3, 0.4) is 0 Å². The molecule has 1 rings (SSSR count). The number of carboxylic acids is 1. The number of carboxylic acid groups (broad SMARTS) is 1. The first kappa shape index (κ1) is 16.5. The van der Waals surface area contributed by atoms with E-state index >= 15 is 0 Å². The van der Waals surface area contributed by atoms with E-state index in [4.69, 9.17) is 16.7 Å². The van der Waals surface area contributed by atoms with Crippen LogP contribution in [0.1, 0.15) is 38.2 Å². The molecule has 0 heterocycles. The van der Waals surface area contributed by atoms with Crippen LogP contribution in [-0.2, 0) is 16.0 Å². The van der Waals surface area contributed by atoms with Crippen LogP contribution in [0.15, 0.2) is 24.3 Å². The maximum absolute atomic E-state index is 11.7. The summed E-state index contributed by atoms with van der Waals surface area (Å²) in [7, 11) is 0. The highest BCUT2D eigenvalue weighted by Gasteiger charge is 2.18. The van der Waals surface area contributed by atoms with E-state index in [-0.39, 0.29) is 5.91 Å². The summed E-state index contributed by atoms with van der Waals surface area (Å²) >= 11 is 5.79.